The Morgan fingerprint density at radius 2 is 2.32 bits per heavy atom. The molecule has 2 aliphatic rings. The first-order chi connectivity index (χ1) is 9.02. The smallest absolute Gasteiger partial charge is 0.274 e. The summed E-state index contributed by atoms with van der Waals surface area (Å²) in [5.74, 6) is 0.673. The maximum Gasteiger partial charge on any atom is 0.274 e. The molecule has 1 saturated carbocycles. The normalized spacial score (nSPS) is 27.0. The van der Waals surface area contributed by atoms with Crippen molar-refractivity contribution in [2.45, 2.75) is 32.1 Å². The van der Waals surface area contributed by atoms with Crippen molar-refractivity contribution in [3.8, 4) is 0 Å². The van der Waals surface area contributed by atoms with E-state index in [1.807, 2.05) is 22.7 Å². The van der Waals surface area contributed by atoms with Crippen molar-refractivity contribution >= 4 is 5.91 Å². The minimum absolute atomic E-state index is 0.0553. The van der Waals surface area contributed by atoms with Crippen LogP contribution in [0.25, 0.3) is 0 Å². The SMILES string of the molecule is Cn1nc(C(=O)N2CCC(C)(CN)C2)cc1C1CC1. The van der Waals surface area contributed by atoms with Crippen molar-refractivity contribution in [1.29, 1.82) is 0 Å². The lowest BCUT2D eigenvalue weighted by Gasteiger charge is -2.21. The monoisotopic (exact) mass is 262 g/mol. The topological polar surface area (TPSA) is 64.2 Å². The number of carbonyl (C=O) groups is 1. The van der Waals surface area contributed by atoms with Crippen LogP contribution in [0.1, 0.15) is 48.3 Å². The summed E-state index contributed by atoms with van der Waals surface area (Å²) in [6.07, 6.45) is 3.43. The highest BCUT2D eigenvalue weighted by Crippen LogP contribution is 2.40. The van der Waals surface area contributed by atoms with E-state index in [1.165, 1.54) is 18.5 Å². The largest absolute Gasteiger partial charge is 0.337 e. The van der Waals surface area contributed by atoms with E-state index < -0.39 is 0 Å². The van der Waals surface area contributed by atoms with Crippen molar-refractivity contribution in [3.63, 3.8) is 0 Å². The van der Waals surface area contributed by atoms with Crippen molar-refractivity contribution in [3.05, 3.63) is 17.5 Å². The van der Waals surface area contributed by atoms with E-state index in [2.05, 4.69) is 12.0 Å². The summed E-state index contributed by atoms with van der Waals surface area (Å²) in [5.41, 5.74) is 7.65. The van der Waals surface area contributed by atoms with Gasteiger partial charge in [0.2, 0.25) is 0 Å². The minimum Gasteiger partial charge on any atom is -0.337 e. The molecule has 2 N–H and O–H groups in total. The second-order valence-electron chi connectivity index (χ2n) is 6.34. The number of nitrogens with two attached hydrogens (primary N) is 1. The van der Waals surface area contributed by atoms with Crippen molar-refractivity contribution < 1.29 is 4.79 Å². The first-order valence-corrected chi connectivity index (χ1v) is 7.06. The molecule has 1 unspecified atom stereocenters. The molecule has 1 aromatic heterocycles. The van der Waals surface area contributed by atoms with Crippen LogP contribution in [0.2, 0.25) is 0 Å². The van der Waals surface area contributed by atoms with E-state index in [-0.39, 0.29) is 11.3 Å². The molecule has 1 aromatic rings. The number of carbonyl (C=O) groups excluding carboxylic acids is 1. The molecule has 19 heavy (non-hydrogen) atoms. The van der Waals surface area contributed by atoms with Gasteiger partial charge in [-0.3, -0.25) is 9.48 Å². The Labute approximate surface area is 113 Å². The lowest BCUT2D eigenvalue weighted by molar-refractivity contribution is 0.0770. The lowest BCUT2D eigenvalue weighted by atomic mass is 9.90. The molecular formula is C14H22N4O. The predicted molar refractivity (Wildman–Crippen MR) is 72.9 cm³/mol. The van der Waals surface area contributed by atoms with E-state index in [0.29, 0.717) is 18.2 Å². The lowest BCUT2D eigenvalue weighted by Crippen LogP contribution is -2.34. The van der Waals surface area contributed by atoms with E-state index >= 15 is 0 Å². The Morgan fingerprint density at radius 3 is 2.89 bits per heavy atom. The molecule has 3 rings (SSSR count). The zero-order valence-corrected chi connectivity index (χ0v) is 11.7. The predicted octanol–water partition coefficient (Wildman–Crippen LogP) is 1.11. The second-order valence-corrected chi connectivity index (χ2v) is 6.34. The number of likely N-dealkylation sites (tertiary alicyclic amines) is 1. The summed E-state index contributed by atoms with van der Waals surface area (Å²) in [4.78, 5) is 14.4. The van der Waals surface area contributed by atoms with Gasteiger partial charge in [-0.15, -0.1) is 0 Å². The highest BCUT2D eigenvalue weighted by Gasteiger charge is 2.36. The molecule has 104 valence electrons. The molecule has 5 heteroatoms. The molecule has 0 spiro atoms. The number of rotatable bonds is 3. The summed E-state index contributed by atoms with van der Waals surface area (Å²) in [7, 11) is 1.93. The Morgan fingerprint density at radius 1 is 1.58 bits per heavy atom. The van der Waals surface area contributed by atoms with Crippen LogP contribution in [0.4, 0.5) is 0 Å². The molecule has 0 bridgehead atoms. The molecule has 0 radical (unpaired) electrons. The highest BCUT2D eigenvalue weighted by molar-refractivity contribution is 5.92. The van der Waals surface area contributed by atoms with Gasteiger partial charge in [-0.25, -0.2) is 0 Å². The third-order valence-electron chi connectivity index (χ3n) is 4.47. The van der Waals surface area contributed by atoms with Crippen LogP contribution in [0.15, 0.2) is 6.07 Å². The van der Waals surface area contributed by atoms with Crippen molar-refractivity contribution in [2.24, 2.45) is 18.2 Å². The molecule has 1 aliphatic heterocycles. The number of nitrogens with zero attached hydrogens (tertiary/aromatic N) is 3. The summed E-state index contributed by atoms with van der Waals surface area (Å²) < 4.78 is 1.86. The summed E-state index contributed by atoms with van der Waals surface area (Å²) in [5, 5.41) is 4.38. The van der Waals surface area contributed by atoms with Crippen LogP contribution >= 0.6 is 0 Å². The molecule has 1 amide bonds. The van der Waals surface area contributed by atoms with Gasteiger partial charge in [0.15, 0.2) is 5.69 Å². The van der Waals surface area contributed by atoms with Crippen molar-refractivity contribution in [1.82, 2.24) is 14.7 Å². The van der Waals surface area contributed by atoms with E-state index in [9.17, 15) is 4.79 Å². The molecule has 5 nitrogen and oxygen atoms in total. The zero-order chi connectivity index (χ0) is 13.6. The van der Waals surface area contributed by atoms with Gasteiger partial charge in [0.05, 0.1) is 0 Å². The Hall–Kier alpha value is -1.36. The quantitative estimate of drug-likeness (QED) is 0.887. The second kappa shape index (κ2) is 4.34. The van der Waals surface area contributed by atoms with Gasteiger partial charge in [-0.2, -0.15) is 5.10 Å². The van der Waals surface area contributed by atoms with Gasteiger partial charge in [0.1, 0.15) is 0 Å². The number of hydrogen-bond donors (Lipinski definition) is 1. The zero-order valence-electron chi connectivity index (χ0n) is 11.7. The molecular weight excluding hydrogens is 240 g/mol. The van der Waals surface area contributed by atoms with Crippen LogP contribution < -0.4 is 5.73 Å². The third-order valence-corrected chi connectivity index (χ3v) is 4.47. The fraction of sp³-hybridized carbons (Fsp3) is 0.714. The van der Waals surface area contributed by atoms with Crippen LogP contribution in [-0.2, 0) is 7.05 Å². The van der Waals surface area contributed by atoms with Gasteiger partial charge in [-0.1, -0.05) is 6.92 Å². The average molecular weight is 262 g/mol. The summed E-state index contributed by atoms with van der Waals surface area (Å²) >= 11 is 0. The maximum atomic E-state index is 12.5. The first-order valence-electron chi connectivity index (χ1n) is 7.06. The molecule has 1 aliphatic carbocycles. The fourth-order valence-corrected chi connectivity index (χ4v) is 2.87. The van der Waals surface area contributed by atoms with Gasteiger partial charge >= 0.3 is 0 Å². The highest BCUT2D eigenvalue weighted by atomic mass is 16.2. The first kappa shape index (κ1) is 12.7. The molecule has 1 atom stereocenters. The molecule has 1 saturated heterocycles. The standard InChI is InChI=1S/C14H22N4O/c1-14(8-15)5-6-18(9-14)13(19)11-7-12(10-3-4-10)17(2)16-11/h7,10H,3-6,8-9,15H2,1-2H3. The Kier molecular flexibility index (Phi) is 2.89. The van der Waals surface area contributed by atoms with Crippen LogP contribution in [0, 0.1) is 5.41 Å². The third kappa shape index (κ3) is 2.27. The molecule has 2 heterocycles. The molecule has 0 aromatic carbocycles. The van der Waals surface area contributed by atoms with Gasteiger partial charge in [0.25, 0.3) is 5.91 Å². The Bertz CT molecular complexity index is 506. The maximum absolute atomic E-state index is 12.5. The van der Waals surface area contributed by atoms with Crippen molar-refractivity contribution in [2.75, 3.05) is 19.6 Å². The number of amides is 1. The van der Waals surface area contributed by atoms with Crippen LogP contribution in [0.5, 0.6) is 0 Å². The summed E-state index contributed by atoms with van der Waals surface area (Å²) in [6.45, 7) is 4.32. The van der Waals surface area contributed by atoms with Crippen LogP contribution in [-0.4, -0.2) is 40.2 Å². The number of aromatic nitrogens is 2. The number of hydrogen-bond acceptors (Lipinski definition) is 3. The van der Waals surface area contributed by atoms with Gasteiger partial charge in [0, 0.05) is 31.7 Å². The van der Waals surface area contributed by atoms with Gasteiger partial charge in [-0.05, 0) is 37.3 Å². The summed E-state index contributed by atoms with van der Waals surface area (Å²) in [6, 6.07) is 1.97. The van der Waals surface area contributed by atoms with E-state index in [4.69, 9.17) is 5.73 Å². The fourth-order valence-electron chi connectivity index (χ4n) is 2.87. The minimum atomic E-state index is 0.0553. The van der Waals surface area contributed by atoms with Gasteiger partial charge < -0.3 is 10.6 Å². The molecule has 2 fully saturated rings. The van der Waals surface area contributed by atoms with E-state index in [0.717, 1.165) is 19.5 Å². The average Bonchev–Trinajstić information content (AvgIpc) is 3.05. The van der Waals surface area contributed by atoms with E-state index in [1.54, 1.807) is 0 Å². The number of aryl methyl sites for hydroxylation is 1. The van der Waals surface area contributed by atoms with Crippen LogP contribution in [0.3, 0.4) is 0 Å². The Balaban J connectivity index is 1.75.